The van der Waals surface area contributed by atoms with Crippen molar-refractivity contribution in [3.63, 3.8) is 0 Å². The predicted molar refractivity (Wildman–Crippen MR) is 64.7 cm³/mol. The Morgan fingerprint density at radius 3 is 2.59 bits per heavy atom. The third-order valence-electron chi connectivity index (χ3n) is 2.95. The molecular formula is C10H15N5O2. The smallest absolute Gasteiger partial charge is 0.311 e. The highest BCUT2D eigenvalue weighted by Gasteiger charge is 2.20. The maximum absolute atomic E-state index is 10.6. The van der Waals surface area contributed by atoms with Crippen molar-refractivity contribution in [1.29, 1.82) is 0 Å². The standard InChI is InChI=1S/C10H15N5O2/c11-7-3-5-14(6-4-7)9-2-1-8(15(16)17)10(12)13-9/h1-2,7H,3-6,11H2,(H2,12,13). The lowest BCUT2D eigenvalue weighted by atomic mass is 10.1. The maximum Gasteiger partial charge on any atom is 0.311 e. The van der Waals surface area contributed by atoms with E-state index in [-0.39, 0.29) is 17.5 Å². The summed E-state index contributed by atoms with van der Waals surface area (Å²) in [6.07, 6.45) is 1.80. The normalized spacial score (nSPS) is 17.1. The van der Waals surface area contributed by atoms with Crippen LogP contribution in [0.3, 0.4) is 0 Å². The van der Waals surface area contributed by atoms with Crippen LogP contribution in [0.25, 0.3) is 0 Å². The zero-order valence-electron chi connectivity index (χ0n) is 9.37. The number of nitro groups is 1. The molecule has 17 heavy (non-hydrogen) atoms. The highest BCUT2D eigenvalue weighted by Crippen LogP contribution is 2.24. The van der Waals surface area contributed by atoms with Gasteiger partial charge in [0, 0.05) is 25.2 Å². The molecule has 0 bridgehead atoms. The number of nitrogens with zero attached hydrogens (tertiary/aromatic N) is 3. The minimum Gasteiger partial charge on any atom is -0.378 e. The number of piperidine rings is 1. The van der Waals surface area contributed by atoms with E-state index < -0.39 is 4.92 Å². The summed E-state index contributed by atoms with van der Waals surface area (Å²) in [5.74, 6) is 0.641. The van der Waals surface area contributed by atoms with E-state index in [1.165, 1.54) is 6.07 Å². The van der Waals surface area contributed by atoms with E-state index in [4.69, 9.17) is 11.5 Å². The molecular weight excluding hydrogens is 222 g/mol. The van der Waals surface area contributed by atoms with E-state index in [1.807, 2.05) is 4.90 Å². The fraction of sp³-hybridized carbons (Fsp3) is 0.500. The predicted octanol–water partition coefficient (Wildman–Crippen LogP) is 0.500. The number of aromatic nitrogens is 1. The zero-order valence-corrected chi connectivity index (χ0v) is 9.37. The van der Waals surface area contributed by atoms with E-state index in [9.17, 15) is 10.1 Å². The summed E-state index contributed by atoms with van der Waals surface area (Å²) in [6.45, 7) is 1.62. The maximum atomic E-state index is 10.6. The van der Waals surface area contributed by atoms with Crippen LogP contribution in [0.2, 0.25) is 0 Å². The molecule has 0 spiro atoms. The molecule has 2 heterocycles. The lowest BCUT2D eigenvalue weighted by Gasteiger charge is -2.31. The highest BCUT2D eigenvalue weighted by atomic mass is 16.6. The van der Waals surface area contributed by atoms with Crippen molar-refractivity contribution in [2.45, 2.75) is 18.9 Å². The van der Waals surface area contributed by atoms with Gasteiger partial charge < -0.3 is 16.4 Å². The minimum absolute atomic E-state index is 0.0395. The van der Waals surface area contributed by atoms with E-state index >= 15 is 0 Å². The molecule has 7 nitrogen and oxygen atoms in total. The molecule has 7 heteroatoms. The van der Waals surface area contributed by atoms with E-state index in [2.05, 4.69) is 4.98 Å². The number of hydrogen-bond donors (Lipinski definition) is 2. The van der Waals surface area contributed by atoms with Crippen molar-refractivity contribution in [3.8, 4) is 0 Å². The minimum atomic E-state index is -0.530. The molecule has 0 aromatic carbocycles. The van der Waals surface area contributed by atoms with Crippen LogP contribution in [-0.2, 0) is 0 Å². The van der Waals surface area contributed by atoms with Crippen molar-refractivity contribution in [2.24, 2.45) is 5.73 Å². The summed E-state index contributed by atoms with van der Waals surface area (Å²) in [7, 11) is 0. The Labute approximate surface area is 98.6 Å². The van der Waals surface area contributed by atoms with E-state index in [1.54, 1.807) is 6.07 Å². The van der Waals surface area contributed by atoms with Crippen molar-refractivity contribution in [2.75, 3.05) is 23.7 Å². The van der Waals surface area contributed by atoms with E-state index in [0.29, 0.717) is 5.82 Å². The zero-order chi connectivity index (χ0) is 12.4. The summed E-state index contributed by atoms with van der Waals surface area (Å²) in [4.78, 5) is 16.2. The van der Waals surface area contributed by atoms with Gasteiger partial charge in [-0.3, -0.25) is 10.1 Å². The Morgan fingerprint density at radius 1 is 1.41 bits per heavy atom. The van der Waals surface area contributed by atoms with Crippen LogP contribution in [-0.4, -0.2) is 29.0 Å². The van der Waals surface area contributed by atoms with Gasteiger partial charge in [-0.05, 0) is 18.9 Å². The molecule has 0 saturated carbocycles. The van der Waals surface area contributed by atoms with Crippen LogP contribution in [0.1, 0.15) is 12.8 Å². The Morgan fingerprint density at radius 2 is 2.06 bits per heavy atom. The number of pyridine rings is 1. The summed E-state index contributed by atoms with van der Waals surface area (Å²) in [5.41, 5.74) is 11.2. The third kappa shape index (κ3) is 2.44. The van der Waals surface area contributed by atoms with Crippen LogP contribution in [0.15, 0.2) is 12.1 Å². The largest absolute Gasteiger partial charge is 0.378 e. The molecule has 0 radical (unpaired) electrons. The summed E-state index contributed by atoms with van der Waals surface area (Å²) < 4.78 is 0. The van der Waals surface area contributed by atoms with Gasteiger partial charge in [-0.1, -0.05) is 0 Å². The van der Waals surface area contributed by atoms with Gasteiger partial charge >= 0.3 is 5.69 Å². The lowest BCUT2D eigenvalue weighted by molar-refractivity contribution is -0.384. The van der Waals surface area contributed by atoms with Crippen molar-refractivity contribution >= 4 is 17.3 Å². The number of nitrogen functional groups attached to an aromatic ring is 1. The van der Waals surface area contributed by atoms with Gasteiger partial charge in [-0.15, -0.1) is 0 Å². The van der Waals surface area contributed by atoms with Gasteiger partial charge in [-0.2, -0.15) is 0 Å². The quantitative estimate of drug-likeness (QED) is 0.572. The monoisotopic (exact) mass is 237 g/mol. The molecule has 4 N–H and O–H groups in total. The van der Waals surface area contributed by atoms with Gasteiger partial charge in [0.05, 0.1) is 4.92 Å². The Balaban J connectivity index is 2.17. The SMILES string of the molecule is Nc1nc(N2CCC(N)CC2)ccc1[N+](=O)[O-]. The molecule has 1 aliphatic rings. The van der Waals surface area contributed by atoms with Gasteiger partial charge in [0.15, 0.2) is 0 Å². The fourth-order valence-electron chi connectivity index (χ4n) is 1.92. The first-order valence-corrected chi connectivity index (χ1v) is 5.49. The van der Waals surface area contributed by atoms with Gasteiger partial charge in [0.25, 0.3) is 0 Å². The molecule has 0 atom stereocenters. The van der Waals surface area contributed by atoms with Crippen LogP contribution in [0.4, 0.5) is 17.3 Å². The average Bonchev–Trinajstić information content (AvgIpc) is 2.29. The molecule has 2 rings (SSSR count). The van der Waals surface area contributed by atoms with Crippen molar-refractivity contribution in [3.05, 3.63) is 22.2 Å². The fourth-order valence-corrected chi connectivity index (χ4v) is 1.92. The van der Waals surface area contributed by atoms with E-state index in [0.717, 1.165) is 25.9 Å². The Kier molecular flexibility index (Phi) is 3.10. The van der Waals surface area contributed by atoms with Crippen LogP contribution in [0, 0.1) is 10.1 Å². The average molecular weight is 237 g/mol. The molecule has 1 saturated heterocycles. The highest BCUT2D eigenvalue weighted by molar-refractivity contribution is 5.58. The Bertz CT molecular complexity index is 429. The first-order valence-electron chi connectivity index (χ1n) is 5.49. The summed E-state index contributed by atoms with van der Waals surface area (Å²) in [6, 6.07) is 3.26. The number of rotatable bonds is 2. The molecule has 1 aromatic rings. The molecule has 0 unspecified atom stereocenters. The summed E-state index contributed by atoms with van der Waals surface area (Å²) in [5, 5.41) is 10.6. The number of anilines is 2. The third-order valence-corrected chi connectivity index (χ3v) is 2.95. The molecule has 1 aliphatic heterocycles. The van der Waals surface area contributed by atoms with Crippen LogP contribution < -0.4 is 16.4 Å². The van der Waals surface area contributed by atoms with Gasteiger partial charge in [0.2, 0.25) is 5.82 Å². The summed E-state index contributed by atoms with van der Waals surface area (Å²) >= 11 is 0. The second-order valence-corrected chi connectivity index (χ2v) is 4.16. The van der Waals surface area contributed by atoms with Gasteiger partial charge in [-0.25, -0.2) is 4.98 Å². The van der Waals surface area contributed by atoms with Crippen LogP contribution in [0.5, 0.6) is 0 Å². The topological polar surface area (TPSA) is 111 Å². The second-order valence-electron chi connectivity index (χ2n) is 4.16. The lowest BCUT2D eigenvalue weighted by Crippen LogP contribution is -2.40. The number of hydrogen-bond acceptors (Lipinski definition) is 6. The first-order chi connectivity index (χ1) is 8.08. The molecule has 92 valence electrons. The van der Waals surface area contributed by atoms with Crippen LogP contribution >= 0.6 is 0 Å². The molecule has 1 fully saturated rings. The number of nitrogens with two attached hydrogens (primary N) is 2. The first kappa shape index (κ1) is 11.6. The van der Waals surface area contributed by atoms with Crippen molar-refractivity contribution < 1.29 is 4.92 Å². The molecule has 0 aliphatic carbocycles. The molecule has 1 aromatic heterocycles. The second kappa shape index (κ2) is 4.54. The van der Waals surface area contributed by atoms with Gasteiger partial charge in [0.1, 0.15) is 5.82 Å². The molecule has 0 amide bonds. The van der Waals surface area contributed by atoms with Crippen molar-refractivity contribution in [1.82, 2.24) is 4.98 Å². The Hall–Kier alpha value is -1.89.